The summed E-state index contributed by atoms with van der Waals surface area (Å²) in [5.41, 5.74) is 4.95. The Morgan fingerprint density at radius 2 is 1.71 bits per heavy atom. The van der Waals surface area contributed by atoms with Gasteiger partial charge < -0.3 is 0 Å². The zero-order chi connectivity index (χ0) is 12.8. The Labute approximate surface area is 105 Å². The summed E-state index contributed by atoms with van der Waals surface area (Å²) in [7, 11) is 0. The molecule has 0 aliphatic carbocycles. The van der Waals surface area contributed by atoms with Crippen molar-refractivity contribution in [1.82, 2.24) is 0 Å². The largest absolute Gasteiger partial charge is 0.0961 e. The van der Waals surface area contributed by atoms with Crippen molar-refractivity contribution in [2.75, 3.05) is 0 Å². The minimum absolute atomic E-state index is 0.540. The normalized spacial score (nSPS) is 13.0. The predicted octanol–water partition coefficient (Wildman–Crippen LogP) is 5.25. The van der Waals surface area contributed by atoms with E-state index in [2.05, 4.69) is 63.8 Å². The van der Waals surface area contributed by atoms with Gasteiger partial charge in [-0.15, -0.1) is 0 Å². The van der Waals surface area contributed by atoms with E-state index in [0.717, 1.165) is 5.57 Å². The first-order valence-electron chi connectivity index (χ1n) is 6.12. The maximum absolute atomic E-state index is 3.95. The molecule has 0 nitrogen and oxygen atoms in total. The molecule has 0 amide bonds. The highest BCUT2D eigenvalue weighted by molar-refractivity contribution is 5.79. The van der Waals surface area contributed by atoms with Crippen LogP contribution in [0.4, 0.5) is 0 Å². The molecular formula is C17H22. The molecule has 90 valence electrons. The summed E-state index contributed by atoms with van der Waals surface area (Å²) in [5, 5.41) is 0. The Balaban J connectivity index is 3.19. The first-order valence-corrected chi connectivity index (χ1v) is 6.12. The molecule has 0 aromatic heterocycles. The third-order valence-corrected chi connectivity index (χ3v) is 2.47. The molecular weight excluding hydrogens is 204 g/mol. The van der Waals surface area contributed by atoms with Crippen molar-refractivity contribution in [3.8, 4) is 0 Å². The molecule has 0 aliphatic rings. The van der Waals surface area contributed by atoms with Crippen molar-refractivity contribution in [3.63, 3.8) is 0 Å². The van der Waals surface area contributed by atoms with Gasteiger partial charge in [-0.2, -0.15) is 0 Å². The summed E-state index contributed by atoms with van der Waals surface area (Å²) in [4.78, 5) is 0. The molecule has 0 bridgehead atoms. The van der Waals surface area contributed by atoms with Crippen molar-refractivity contribution >= 4 is 5.57 Å². The first-order chi connectivity index (χ1) is 8.00. The van der Waals surface area contributed by atoms with Crippen LogP contribution in [0.25, 0.3) is 5.57 Å². The van der Waals surface area contributed by atoms with Gasteiger partial charge in [0.1, 0.15) is 0 Å². The summed E-state index contributed by atoms with van der Waals surface area (Å²) in [6.07, 6.45) is 4.45. The van der Waals surface area contributed by atoms with Gasteiger partial charge >= 0.3 is 0 Å². The highest BCUT2D eigenvalue weighted by Crippen LogP contribution is 2.25. The maximum Gasteiger partial charge on any atom is -0.0184 e. The quantitative estimate of drug-likeness (QED) is 0.615. The van der Waals surface area contributed by atoms with Gasteiger partial charge in [0.25, 0.3) is 0 Å². The van der Waals surface area contributed by atoms with Crippen LogP contribution in [0.15, 0.2) is 60.2 Å². The Kier molecular flexibility index (Phi) is 4.96. The summed E-state index contributed by atoms with van der Waals surface area (Å²) < 4.78 is 0. The van der Waals surface area contributed by atoms with Crippen molar-refractivity contribution in [1.29, 1.82) is 0 Å². The van der Waals surface area contributed by atoms with E-state index in [-0.39, 0.29) is 0 Å². The summed E-state index contributed by atoms with van der Waals surface area (Å²) >= 11 is 0. The Morgan fingerprint density at radius 3 is 2.18 bits per heavy atom. The molecule has 1 rings (SSSR count). The third kappa shape index (κ3) is 4.44. The lowest BCUT2D eigenvalue weighted by molar-refractivity contribution is 0.833. The minimum atomic E-state index is 0.540. The molecule has 0 N–H and O–H groups in total. The van der Waals surface area contributed by atoms with E-state index in [9.17, 15) is 0 Å². The fraction of sp³-hybridized carbons (Fsp3) is 0.294. The van der Waals surface area contributed by atoms with Crippen LogP contribution < -0.4 is 0 Å². The number of benzene rings is 1. The van der Waals surface area contributed by atoms with Crippen molar-refractivity contribution < 1.29 is 0 Å². The zero-order valence-corrected chi connectivity index (χ0v) is 11.3. The molecule has 0 spiro atoms. The second-order valence-electron chi connectivity index (χ2n) is 4.86. The van der Waals surface area contributed by atoms with E-state index in [1.165, 1.54) is 16.7 Å². The van der Waals surface area contributed by atoms with Gasteiger partial charge in [0.2, 0.25) is 0 Å². The Bertz CT molecular complexity index is 430. The van der Waals surface area contributed by atoms with Crippen LogP contribution in [0.3, 0.4) is 0 Å². The maximum atomic E-state index is 3.95. The highest BCUT2D eigenvalue weighted by atomic mass is 14.1. The first kappa shape index (κ1) is 13.5. The van der Waals surface area contributed by atoms with Crippen LogP contribution in [0.2, 0.25) is 0 Å². The van der Waals surface area contributed by atoms with Crippen LogP contribution in [-0.4, -0.2) is 0 Å². The van der Waals surface area contributed by atoms with Crippen LogP contribution in [-0.2, 0) is 0 Å². The minimum Gasteiger partial charge on any atom is -0.0961 e. The monoisotopic (exact) mass is 226 g/mol. The van der Waals surface area contributed by atoms with Gasteiger partial charge in [0.15, 0.2) is 0 Å². The van der Waals surface area contributed by atoms with Gasteiger partial charge in [-0.25, -0.2) is 0 Å². The van der Waals surface area contributed by atoms with Crippen molar-refractivity contribution in [2.45, 2.75) is 27.7 Å². The molecule has 0 radical (unpaired) electrons. The molecule has 0 saturated heterocycles. The second-order valence-corrected chi connectivity index (χ2v) is 4.86. The molecule has 0 heteroatoms. The Hall–Kier alpha value is -1.56. The molecule has 0 aliphatic heterocycles. The van der Waals surface area contributed by atoms with Gasteiger partial charge in [-0.3, -0.25) is 0 Å². The fourth-order valence-corrected chi connectivity index (χ4v) is 1.85. The van der Waals surface area contributed by atoms with Gasteiger partial charge in [-0.05, 0) is 36.5 Å². The zero-order valence-electron chi connectivity index (χ0n) is 11.3. The van der Waals surface area contributed by atoms with E-state index in [1.54, 1.807) is 0 Å². The van der Waals surface area contributed by atoms with E-state index in [4.69, 9.17) is 0 Å². The smallest absolute Gasteiger partial charge is 0.0184 e. The summed E-state index contributed by atoms with van der Waals surface area (Å²) in [6.45, 7) is 12.5. The van der Waals surface area contributed by atoms with Crippen LogP contribution >= 0.6 is 0 Å². The van der Waals surface area contributed by atoms with Gasteiger partial charge in [0.05, 0.1) is 0 Å². The summed E-state index contributed by atoms with van der Waals surface area (Å²) in [6, 6.07) is 10.5. The topological polar surface area (TPSA) is 0 Å². The van der Waals surface area contributed by atoms with Gasteiger partial charge in [-0.1, -0.05) is 68.5 Å². The predicted molar refractivity (Wildman–Crippen MR) is 77.8 cm³/mol. The lowest BCUT2D eigenvalue weighted by Gasteiger charge is -2.11. The molecule has 1 aromatic rings. The molecule has 0 saturated carbocycles. The summed E-state index contributed by atoms with van der Waals surface area (Å²) in [5.74, 6) is 0.540. The van der Waals surface area contributed by atoms with Crippen LogP contribution in [0.1, 0.15) is 33.3 Å². The van der Waals surface area contributed by atoms with Crippen LogP contribution in [0.5, 0.6) is 0 Å². The lowest BCUT2D eigenvalue weighted by atomic mass is 9.94. The van der Waals surface area contributed by atoms with Gasteiger partial charge in [0, 0.05) is 0 Å². The highest BCUT2D eigenvalue weighted by Gasteiger charge is 2.04. The van der Waals surface area contributed by atoms with E-state index in [0.29, 0.717) is 5.92 Å². The number of hydrogen-bond donors (Lipinski definition) is 0. The molecule has 0 heterocycles. The van der Waals surface area contributed by atoms with Crippen LogP contribution in [0, 0.1) is 5.92 Å². The fourth-order valence-electron chi connectivity index (χ4n) is 1.85. The number of allylic oxidation sites excluding steroid dienone is 5. The number of hydrogen-bond acceptors (Lipinski definition) is 0. The molecule has 0 unspecified atom stereocenters. The lowest BCUT2D eigenvalue weighted by Crippen LogP contribution is -1.91. The second kappa shape index (κ2) is 6.24. The van der Waals surface area contributed by atoms with E-state index < -0.39 is 0 Å². The van der Waals surface area contributed by atoms with Crippen molar-refractivity contribution in [3.05, 3.63) is 65.8 Å². The van der Waals surface area contributed by atoms with Crippen molar-refractivity contribution in [2.24, 2.45) is 5.92 Å². The standard InChI is InChI=1S/C17H22/c1-13(2)11-15(5)17(12-14(3)4)16-9-7-6-8-10-16/h6-12,14H,1H2,2-5H3/b15-11-,17-12+. The average molecular weight is 226 g/mol. The Morgan fingerprint density at radius 1 is 1.12 bits per heavy atom. The SMILES string of the molecule is C=C(C)/C=C(C)\C(=C/C(C)C)c1ccccc1. The van der Waals surface area contributed by atoms with E-state index >= 15 is 0 Å². The van der Waals surface area contributed by atoms with E-state index in [1.807, 2.05) is 13.0 Å². The number of rotatable bonds is 4. The molecule has 1 aromatic carbocycles. The molecule has 17 heavy (non-hydrogen) atoms. The average Bonchev–Trinajstić information content (AvgIpc) is 2.25. The molecule has 0 fully saturated rings. The molecule has 0 atom stereocenters. The third-order valence-electron chi connectivity index (χ3n) is 2.47.